The average Bonchev–Trinajstić information content (AvgIpc) is 2.74. The monoisotopic (exact) mass is 231 g/mol. The number of ether oxygens (including phenoxy) is 1. The second kappa shape index (κ2) is 5.04. The molecule has 17 heavy (non-hydrogen) atoms. The van der Waals surface area contributed by atoms with E-state index in [2.05, 4.69) is 11.9 Å². The van der Waals surface area contributed by atoms with Crippen LogP contribution in [-0.2, 0) is 4.79 Å². The van der Waals surface area contributed by atoms with Gasteiger partial charge in [0.2, 0.25) is 5.91 Å². The van der Waals surface area contributed by atoms with Crippen LogP contribution in [0.2, 0.25) is 0 Å². The van der Waals surface area contributed by atoms with E-state index in [1.807, 2.05) is 31.2 Å². The number of hydrogen-bond donors (Lipinski definition) is 1. The Morgan fingerprint density at radius 1 is 1.47 bits per heavy atom. The van der Waals surface area contributed by atoms with Crippen molar-refractivity contribution in [3.8, 4) is 5.75 Å². The maximum Gasteiger partial charge on any atom is 0.220 e. The number of nitrogens with one attached hydrogen (secondary N) is 1. The Labute approximate surface area is 101 Å². The third-order valence-corrected chi connectivity index (χ3v) is 2.76. The first-order valence-electron chi connectivity index (χ1n) is 5.81. The summed E-state index contributed by atoms with van der Waals surface area (Å²) in [5, 5.41) is 2.95. The SMILES string of the molecule is C=C(C)COc1ccc(C2CCC(=O)N2)cc1. The van der Waals surface area contributed by atoms with E-state index in [-0.39, 0.29) is 11.9 Å². The zero-order chi connectivity index (χ0) is 12.3. The lowest BCUT2D eigenvalue weighted by Crippen LogP contribution is -2.18. The Balaban J connectivity index is 1.98. The number of carbonyl (C=O) groups excluding carboxylic acids is 1. The molecule has 0 radical (unpaired) electrons. The fraction of sp³-hybridized carbons (Fsp3) is 0.357. The molecule has 1 atom stereocenters. The van der Waals surface area contributed by atoms with Crippen LogP contribution in [0.1, 0.15) is 31.4 Å². The molecule has 0 spiro atoms. The molecular weight excluding hydrogens is 214 g/mol. The summed E-state index contributed by atoms with van der Waals surface area (Å²) in [5.41, 5.74) is 2.13. The van der Waals surface area contributed by atoms with E-state index in [1.54, 1.807) is 0 Å². The first kappa shape index (κ1) is 11.7. The van der Waals surface area contributed by atoms with Crippen molar-refractivity contribution in [2.75, 3.05) is 6.61 Å². The van der Waals surface area contributed by atoms with Crippen LogP contribution in [0.25, 0.3) is 0 Å². The summed E-state index contributed by atoms with van der Waals surface area (Å²) in [6, 6.07) is 8.04. The van der Waals surface area contributed by atoms with Crippen LogP contribution < -0.4 is 10.1 Å². The molecule has 0 aliphatic carbocycles. The topological polar surface area (TPSA) is 38.3 Å². The van der Waals surface area contributed by atoms with Gasteiger partial charge >= 0.3 is 0 Å². The fourth-order valence-electron chi connectivity index (χ4n) is 1.87. The Morgan fingerprint density at radius 2 is 2.18 bits per heavy atom. The van der Waals surface area contributed by atoms with E-state index in [1.165, 1.54) is 0 Å². The molecule has 90 valence electrons. The highest BCUT2D eigenvalue weighted by atomic mass is 16.5. The molecule has 1 aliphatic heterocycles. The number of carbonyl (C=O) groups is 1. The molecule has 1 saturated heterocycles. The predicted molar refractivity (Wildman–Crippen MR) is 66.9 cm³/mol. The summed E-state index contributed by atoms with van der Waals surface area (Å²) in [6.07, 6.45) is 1.50. The third-order valence-electron chi connectivity index (χ3n) is 2.76. The lowest BCUT2D eigenvalue weighted by atomic mass is 10.1. The fourth-order valence-corrected chi connectivity index (χ4v) is 1.87. The van der Waals surface area contributed by atoms with Gasteiger partial charge in [0, 0.05) is 6.42 Å². The maximum absolute atomic E-state index is 11.1. The normalized spacial score (nSPS) is 18.9. The summed E-state index contributed by atoms with van der Waals surface area (Å²) in [7, 11) is 0. The molecule has 1 aliphatic rings. The van der Waals surface area contributed by atoms with Crippen LogP contribution in [0.5, 0.6) is 5.75 Å². The number of amides is 1. The number of hydrogen-bond acceptors (Lipinski definition) is 2. The quantitative estimate of drug-likeness (QED) is 0.809. The Kier molecular flexibility index (Phi) is 3.47. The highest BCUT2D eigenvalue weighted by Crippen LogP contribution is 2.25. The Morgan fingerprint density at radius 3 is 2.71 bits per heavy atom. The number of benzene rings is 1. The van der Waals surface area contributed by atoms with Gasteiger partial charge in [-0.3, -0.25) is 4.79 Å². The summed E-state index contributed by atoms with van der Waals surface area (Å²) >= 11 is 0. The molecule has 0 bridgehead atoms. The van der Waals surface area contributed by atoms with Crippen LogP contribution in [0.15, 0.2) is 36.4 Å². The lowest BCUT2D eigenvalue weighted by molar-refractivity contribution is -0.119. The van der Waals surface area contributed by atoms with E-state index in [0.717, 1.165) is 23.3 Å². The van der Waals surface area contributed by atoms with Gasteiger partial charge in [-0.15, -0.1) is 0 Å². The zero-order valence-corrected chi connectivity index (χ0v) is 10.0. The summed E-state index contributed by atoms with van der Waals surface area (Å²) < 4.78 is 5.52. The van der Waals surface area contributed by atoms with Crippen molar-refractivity contribution in [1.29, 1.82) is 0 Å². The van der Waals surface area contributed by atoms with Crippen LogP contribution in [0, 0.1) is 0 Å². The molecule has 1 fully saturated rings. The van der Waals surface area contributed by atoms with Crippen LogP contribution in [-0.4, -0.2) is 12.5 Å². The summed E-state index contributed by atoms with van der Waals surface area (Å²) in [5.74, 6) is 0.971. The van der Waals surface area contributed by atoms with E-state index < -0.39 is 0 Å². The first-order valence-corrected chi connectivity index (χ1v) is 5.81. The molecule has 1 N–H and O–H groups in total. The van der Waals surface area contributed by atoms with Crippen molar-refractivity contribution in [2.45, 2.75) is 25.8 Å². The van der Waals surface area contributed by atoms with Gasteiger partial charge in [0.15, 0.2) is 0 Å². The van der Waals surface area contributed by atoms with Gasteiger partial charge in [-0.05, 0) is 36.6 Å². The van der Waals surface area contributed by atoms with Gasteiger partial charge < -0.3 is 10.1 Å². The Bertz CT molecular complexity index is 422. The molecule has 3 nitrogen and oxygen atoms in total. The van der Waals surface area contributed by atoms with Crippen molar-refractivity contribution in [2.24, 2.45) is 0 Å². The van der Waals surface area contributed by atoms with Crippen molar-refractivity contribution < 1.29 is 9.53 Å². The lowest BCUT2D eigenvalue weighted by Gasteiger charge is -2.11. The van der Waals surface area contributed by atoms with E-state index in [0.29, 0.717) is 13.0 Å². The Hall–Kier alpha value is -1.77. The average molecular weight is 231 g/mol. The second-order valence-corrected chi connectivity index (χ2v) is 4.47. The van der Waals surface area contributed by atoms with Gasteiger partial charge in [-0.1, -0.05) is 18.7 Å². The smallest absolute Gasteiger partial charge is 0.220 e. The largest absolute Gasteiger partial charge is 0.489 e. The standard InChI is InChI=1S/C14H17NO2/c1-10(2)9-17-12-5-3-11(4-6-12)13-7-8-14(16)15-13/h3-6,13H,1,7-9H2,2H3,(H,15,16). The molecular formula is C14H17NO2. The van der Waals surface area contributed by atoms with E-state index in [4.69, 9.17) is 4.74 Å². The van der Waals surface area contributed by atoms with Crippen molar-refractivity contribution in [3.63, 3.8) is 0 Å². The molecule has 1 aromatic carbocycles. The first-order chi connectivity index (χ1) is 8.15. The third kappa shape index (κ3) is 3.09. The molecule has 3 heteroatoms. The second-order valence-electron chi connectivity index (χ2n) is 4.47. The van der Waals surface area contributed by atoms with Crippen molar-refractivity contribution in [3.05, 3.63) is 42.0 Å². The van der Waals surface area contributed by atoms with Crippen molar-refractivity contribution in [1.82, 2.24) is 5.32 Å². The summed E-state index contributed by atoms with van der Waals surface area (Å²) in [6.45, 7) is 6.26. The number of rotatable bonds is 4. The molecule has 1 unspecified atom stereocenters. The highest BCUT2D eigenvalue weighted by Gasteiger charge is 2.21. The molecule has 1 amide bonds. The highest BCUT2D eigenvalue weighted by molar-refractivity contribution is 5.78. The van der Waals surface area contributed by atoms with Gasteiger partial charge in [-0.25, -0.2) is 0 Å². The summed E-state index contributed by atoms with van der Waals surface area (Å²) in [4.78, 5) is 11.1. The van der Waals surface area contributed by atoms with Crippen molar-refractivity contribution >= 4 is 5.91 Å². The zero-order valence-electron chi connectivity index (χ0n) is 10.0. The van der Waals surface area contributed by atoms with Crippen LogP contribution in [0.3, 0.4) is 0 Å². The minimum atomic E-state index is 0.137. The van der Waals surface area contributed by atoms with Gasteiger partial charge in [0.25, 0.3) is 0 Å². The van der Waals surface area contributed by atoms with E-state index in [9.17, 15) is 4.79 Å². The van der Waals surface area contributed by atoms with Crippen LogP contribution >= 0.6 is 0 Å². The van der Waals surface area contributed by atoms with E-state index >= 15 is 0 Å². The minimum absolute atomic E-state index is 0.137. The maximum atomic E-state index is 11.1. The van der Waals surface area contributed by atoms with Gasteiger partial charge in [0.05, 0.1) is 6.04 Å². The molecule has 0 saturated carbocycles. The molecule has 1 heterocycles. The predicted octanol–water partition coefficient (Wildman–Crippen LogP) is 2.59. The molecule has 0 aromatic heterocycles. The molecule has 2 rings (SSSR count). The van der Waals surface area contributed by atoms with Crippen LogP contribution in [0.4, 0.5) is 0 Å². The minimum Gasteiger partial charge on any atom is -0.489 e. The van der Waals surface area contributed by atoms with Gasteiger partial charge in [-0.2, -0.15) is 0 Å². The van der Waals surface area contributed by atoms with Gasteiger partial charge in [0.1, 0.15) is 12.4 Å². The molecule has 1 aromatic rings.